The van der Waals surface area contributed by atoms with E-state index in [1.807, 2.05) is 25.1 Å². The number of carbonyl (C=O) groups is 1. The monoisotopic (exact) mass is 412 g/mol. The van der Waals surface area contributed by atoms with Crippen LogP contribution in [0.2, 0.25) is 0 Å². The van der Waals surface area contributed by atoms with Gasteiger partial charge >= 0.3 is 0 Å². The first-order valence-corrected chi connectivity index (χ1v) is 10.5. The van der Waals surface area contributed by atoms with Gasteiger partial charge in [-0.25, -0.2) is 4.98 Å². The molecule has 0 amide bonds. The zero-order chi connectivity index (χ0) is 20.8. The smallest absolute Gasteiger partial charge is 0.262 e. The van der Waals surface area contributed by atoms with Gasteiger partial charge < -0.3 is 9.84 Å². The molecule has 0 aliphatic heterocycles. The number of Topliss-reactive ketones (excluding diaryl/α,β-unsaturated/α-hetero) is 1. The van der Waals surface area contributed by atoms with Crippen LogP contribution < -0.4 is 10.3 Å². The lowest BCUT2D eigenvalue weighted by molar-refractivity contribution is 0.101. The number of nitrogens with zero attached hydrogens (tertiary/aromatic N) is 2. The largest absolute Gasteiger partial charge is 0.491 e. The van der Waals surface area contributed by atoms with Crippen molar-refractivity contribution in [3.8, 4) is 5.75 Å². The molecule has 0 saturated heterocycles. The average Bonchev–Trinajstić information content (AvgIpc) is 2.73. The van der Waals surface area contributed by atoms with Crippen LogP contribution in [-0.4, -0.2) is 38.9 Å². The van der Waals surface area contributed by atoms with Crippen molar-refractivity contribution < 1.29 is 14.6 Å². The lowest BCUT2D eigenvalue weighted by Crippen LogP contribution is -2.25. The molecule has 152 valence electrons. The summed E-state index contributed by atoms with van der Waals surface area (Å²) in [5, 5.41) is 11.5. The third-order valence-electron chi connectivity index (χ3n) is 4.36. The van der Waals surface area contributed by atoms with Crippen LogP contribution in [0.3, 0.4) is 0 Å². The molecule has 6 nitrogen and oxygen atoms in total. The first-order chi connectivity index (χ1) is 14.0. The van der Waals surface area contributed by atoms with E-state index in [1.165, 1.54) is 18.7 Å². The van der Waals surface area contributed by atoms with Crippen molar-refractivity contribution in [1.29, 1.82) is 0 Å². The molecule has 1 N–H and O–H groups in total. The molecular formula is C22H24N2O4S. The predicted molar refractivity (Wildman–Crippen MR) is 115 cm³/mol. The van der Waals surface area contributed by atoms with Crippen LogP contribution in [0.1, 0.15) is 30.6 Å². The Hall–Kier alpha value is -2.64. The summed E-state index contributed by atoms with van der Waals surface area (Å²) >= 11 is 1.34. The van der Waals surface area contributed by atoms with Crippen LogP contribution in [-0.2, 0) is 6.54 Å². The number of ketones is 1. The quantitative estimate of drug-likeness (QED) is 0.329. The van der Waals surface area contributed by atoms with Crippen molar-refractivity contribution in [3.63, 3.8) is 0 Å². The topological polar surface area (TPSA) is 81.4 Å². The van der Waals surface area contributed by atoms with Crippen molar-refractivity contribution in [3.05, 3.63) is 64.4 Å². The molecule has 29 heavy (non-hydrogen) atoms. The zero-order valence-corrected chi connectivity index (χ0v) is 17.3. The molecule has 1 aromatic heterocycles. The summed E-state index contributed by atoms with van der Waals surface area (Å²) < 4.78 is 7.28. The SMILES string of the molecule is CCCn1c(SC[C@H](O)COc2cccc(C(C)=O)c2)nc2ccccc2c1=O. The van der Waals surface area contributed by atoms with Gasteiger partial charge in [-0.15, -0.1) is 0 Å². The maximum atomic E-state index is 12.8. The normalized spacial score (nSPS) is 12.1. The van der Waals surface area contributed by atoms with E-state index < -0.39 is 6.10 Å². The standard InChI is InChI=1S/C22H24N2O4S/c1-3-11-24-21(27)19-9-4-5-10-20(19)23-22(24)29-14-17(26)13-28-18-8-6-7-16(12-18)15(2)25/h4-10,12,17,26H,3,11,13-14H2,1-2H3/t17-/m1/s1. The maximum absolute atomic E-state index is 12.8. The highest BCUT2D eigenvalue weighted by Crippen LogP contribution is 2.20. The van der Waals surface area contributed by atoms with Crippen molar-refractivity contribution in [1.82, 2.24) is 9.55 Å². The van der Waals surface area contributed by atoms with E-state index in [4.69, 9.17) is 4.74 Å². The second kappa shape index (κ2) is 9.71. The van der Waals surface area contributed by atoms with Gasteiger partial charge in [-0.2, -0.15) is 0 Å². The Morgan fingerprint density at radius 2 is 2.03 bits per heavy atom. The summed E-state index contributed by atoms with van der Waals surface area (Å²) in [4.78, 5) is 28.8. The van der Waals surface area contributed by atoms with E-state index in [1.54, 1.807) is 34.9 Å². The molecule has 1 atom stereocenters. The van der Waals surface area contributed by atoms with E-state index >= 15 is 0 Å². The Morgan fingerprint density at radius 3 is 2.79 bits per heavy atom. The zero-order valence-electron chi connectivity index (χ0n) is 16.5. The van der Waals surface area contributed by atoms with Gasteiger partial charge in [0.1, 0.15) is 12.4 Å². The number of thioether (sulfide) groups is 1. The first-order valence-electron chi connectivity index (χ1n) is 9.54. The third kappa shape index (κ3) is 5.25. The lowest BCUT2D eigenvalue weighted by Gasteiger charge is -2.15. The number of benzene rings is 2. The van der Waals surface area contributed by atoms with Crippen molar-refractivity contribution in [2.45, 2.75) is 38.1 Å². The molecular weight excluding hydrogens is 388 g/mol. The summed E-state index contributed by atoms with van der Waals surface area (Å²) in [7, 11) is 0. The number of ether oxygens (including phenoxy) is 1. The first kappa shape index (κ1) is 21.1. The van der Waals surface area contributed by atoms with E-state index in [-0.39, 0.29) is 17.9 Å². The summed E-state index contributed by atoms with van der Waals surface area (Å²) in [6, 6.07) is 14.2. The molecule has 0 bridgehead atoms. The highest BCUT2D eigenvalue weighted by Gasteiger charge is 2.14. The van der Waals surface area contributed by atoms with Crippen molar-refractivity contribution in [2.24, 2.45) is 0 Å². The van der Waals surface area contributed by atoms with Crippen LogP contribution in [0.25, 0.3) is 10.9 Å². The summed E-state index contributed by atoms with van der Waals surface area (Å²) in [5.41, 5.74) is 1.15. The Labute approximate surface area is 173 Å². The van der Waals surface area contributed by atoms with Crippen molar-refractivity contribution in [2.75, 3.05) is 12.4 Å². The number of aromatic nitrogens is 2. The van der Waals surface area contributed by atoms with Gasteiger partial charge in [0.05, 0.1) is 17.0 Å². The Morgan fingerprint density at radius 1 is 1.24 bits per heavy atom. The van der Waals surface area contributed by atoms with Gasteiger partial charge in [0.2, 0.25) is 0 Å². The van der Waals surface area contributed by atoms with E-state index in [9.17, 15) is 14.7 Å². The van der Waals surface area contributed by atoms with Crippen LogP contribution in [0.5, 0.6) is 5.75 Å². The van der Waals surface area contributed by atoms with Gasteiger partial charge in [-0.1, -0.05) is 43.0 Å². The Balaban J connectivity index is 1.68. The van der Waals surface area contributed by atoms with Crippen LogP contribution >= 0.6 is 11.8 Å². The Bertz CT molecular complexity index is 1060. The number of aliphatic hydroxyl groups excluding tert-OH is 1. The van der Waals surface area contributed by atoms with Gasteiger partial charge in [0.15, 0.2) is 10.9 Å². The fourth-order valence-corrected chi connectivity index (χ4v) is 3.83. The second-order valence-electron chi connectivity index (χ2n) is 6.73. The molecule has 1 heterocycles. The number of para-hydroxylation sites is 1. The average molecular weight is 413 g/mol. The number of fused-ring (bicyclic) bond motifs is 1. The highest BCUT2D eigenvalue weighted by molar-refractivity contribution is 7.99. The number of rotatable bonds is 9. The van der Waals surface area contributed by atoms with Crippen LogP contribution in [0.4, 0.5) is 0 Å². The molecule has 0 spiro atoms. The Kier molecular flexibility index (Phi) is 7.06. The molecule has 0 saturated carbocycles. The van der Waals surface area contributed by atoms with Crippen LogP contribution in [0, 0.1) is 0 Å². The number of hydrogen-bond acceptors (Lipinski definition) is 6. The number of carbonyl (C=O) groups excluding carboxylic acids is 1. The van der Waals surface area contributed by atoms with Gasteiger partial charge in [0.25, 0.3) is 5.56 Å². The summed E-state index contributed by atoms with van der Waals surface area (Å²) in [5.74, 6) is 0.831. The van der Waals surface area contributed by atoms with E-state index in [0.717, 1.165) is 6.42 Å². The number of aliphatic hydroxyl groups is 1. The maximum Gasteiger partial charge on any atom is 0.262 e. The fourth-order valence-electron chi connectivity index (χ4n) is 2.89. The minimum atomic E-state index is -0.751. The molecule has 7 heteroatoms. The van der Waals surface area contributed by atoms with Gasteiger partial charge in [-0.05, 0) is 37.6 Å². The third-order valence-corrected chi connectivity index (χ3v) is 5.48. The molecule has 2 aromatic carbocycles. The summed E-state index contributed by atoms with van der Waals surface area (Å²) in [6.07, 6.45) is 0.0606. The fraction of sp³-hybridized carbons (Fsp3) is 0.318. The van der Waals surface area contributed by atoms with E-state index in [2.05, 4.69) is 4.98 Å². The molecule has 0 fully saturated rings. The predicted octanol–water partition coefficient (Wildman–Crippen LogP) is 3.54. The molecule has 0 unspecified atom stereocenters. The summed E-state index contributed by atoms with van der Waals surface area (Å²) in [6.45, 7) is 4.16. The van der Waals surface area contributed by atoms with Gasteiger partial charge in [-0.3, -0.25) is 14.2 Å². The molecule has 0 aliphatic carbocycles. The minimum Gasteiger partial charge on any atom is -0.491 e. The highest BCUT2D eigenvalue weighted by atomic mass is 32.2. The van der Waals surface area contributed by atoms with Crippen molar-refractivity contribution >= 4 is 28.4 Å². The van der Waals surface area contributed by atoms with E-state index in [0.29, 0.717) is 39.7 Å². The second-order valence-corrected chi connectivity index (χ2v) is 7.72. The minimum absolute atomic E-state index is 0.0390. The number of hydrogen-bond donors (Lipinski definition) is 1. The van der Waals surface area contributed by atoms with Gasteiger partial charge in [0, 0.05) is 17.9 Å². The molecule has 3 rings (SSSR count). The van der Waals surface area contributed by atoms with Crippen LogP contribution in [0.15, 0.2) is 58.5 Å². The lowest BCUT2D eigenvalue weighted by atomic mass is 10.1. The molecule has 3 aromatic rings. The molecule has 0 radical (unpaired) electrons. The molecule has 0 aliphatic rings.